The number of carbonyl (C=O) groups is 1. The average Bonchev–Trinajstić information content (AvgIpc) is 2.88. The summed E-state index contributed by atoms with van der Waals surface area (Å²) in [5, 5.41) is 10.9. The third-order valence-electron chi connectivity index (χ3n) is 6.52. The summed E-state index contributed by atoms with van der Waals surface area (Å²) in [5.41, 5.74) is 2.93. The van der Waals surface area contributed by atoms with Crippen molar-refractivity contribution in [3.63, 3.8) is 0 Å². The molecule has 0 radical (unpaired) electrons. The molecule has 0 bridgehead atoms. The molecule has 1 aliphatic carbocycles. The van der Waals surface area contributed by atoms with Crippen molar-refractivity contribution in [2.45, 2.75) is 85.2 Å². The number of allylic oxidation sites excluding steroid dienone is 1. The number of carbonyl (C=O) groups excluding carboxylic acids is 1. The van der Waals surface area contributed by atoms with E-state index in [0.29, 0.717) is 18.3 Å². The quantitative estimate of drug-likeness (QED) is 0.602. The first-order chi connectivity index (χ1) is 12.7. The van der Waals surface area contributed by atoms with Crippen LogP contribution >= 0.6 is 0 Å². The minimum Gasteiger partial charge on any atom is -0.507 e. The van der Waals surface area contributed by atoms with Crippen LogP contribution in [0.2, 0.25) is 0 Å². The smallest absolute Gasteiger partial charge is 0.163 e. The number of ether oxygens (including phenoxy) is 1. The normalized spacial score (nSPS) is 22.9. The molecule has 0 fully saturated rings. The fourth-order valence-electron chi connectivity index (χ4n) is 4.77. The van der Waals surface area contributed by atoms with Crippen molar-refractivity contribution in [2.75, 3.05) is 0 Å². The van der Waals surface area contributed by atoms with E-state index < -0.39 is 5.60 Å². The molecule has 3 nitrogen and oxygen atoms in total. The van der Waals surface area contributed by atoms with Crippen LogP contribution in [-0.4, -0.2) is 16.5 Å². The maximum atomic E-state index is 12.5. The van der Waals surface area contributed by atoms with Crippen LogP contribution in [-0.2, 0) is 4.79 Å². The van der Waals surface area contributed by atoms with Crippen LogP contribution in [0.15, 0.2) is 17.7 Å². The van der Waals surface area contributed by atoms with Gasteiger partial charge in [0.05, 0.1) is 5.56 Å². The summed E-state index contributed by atoms with van der Waals surface area (Å²) < 4.78 is 6.26. The Labute approximate surface area is 163 Å². The van der Waals surface area contributed by atoms with Gasteiger partial charge in [-0.15, -0.1) is 0 Å². The molecule has 27 heavy (non-hydrogen) atoms. The van der Waals surface area contributed by atoms with Crippen LogP contribution in [0.4, 0.5) is 0 Å². The maximum absolute atomic E-state index is 12.5. The summed E-state index contributed by atoms with van der Waals surface area (Å²) in [6.45, 7) is 12.7. The number of fused-ring (bicyclic) bond motifs is 2. The van der Waals surface area contributed by atoms with E-state index in [4.69, 9.17) is 4.74 Å². The average molecular weight is 371 g/mol. The van der Waals surface area contributed by atoms with E-state index in [2.05, 4.69) is 33.8 Å². The van der Waals surface area contributed by atoms with Gasteiger partial charge in [-0.05, 0) is 54.9 Å². The zero-order valence-corrected chi connectivity index (χ0v) is 17.7. The highest BCUT2D eigenvalue weighted by atomic mass is 16.5. The Kier molecular flexibility index (Phi) is 5.42. The number of benzene rings is 1. The van der Waals surface area contributed by atoms with Crippen molar-refractivity contribution in [3.8, 4) is 11.5 Å². The molecular formula is C24H34O3. The SMILES string of the molecule is CCCCCC(C)C(C)c1cc(O)c2c(c1)OC(C)(C)C1=C2C(C)CC1=O. The number of phenolic OH excluding ortho intramolecular Hbond substituents is 1. The lowest BCUT2D eigenvalue weighted by molar-refractivity contribution is -0.116. The fraction of sp³-hybridized carbons (Fsp3) is 0.625. The number of aromatic hydroxyl groups is 1. The summed E-state index contributed by atoms with van der Waals surface area (Å²) in [5.74, 6) is 2.14. The van der Waals surface area contributed by atoms with E-state index in [9.17, 15) is 9.90 Å². The van der Waals surface area contributed by atoms with Gasteiger partial charge in [0.15, 0.2) is 5.78 Å². The third-order valence-corrected chi connectivity index (χ3v) is 6.52. The highest BCUT2D eigenvalue weighted by molar-refractivity contribution is 6.11. The van der Waals surface area contributed by atoms with Gasteiger partial charge in [0, 0.05) is 12.0 Å². The molecule has 0 aromatic heterocycles. The van der Waals surface area contributed by atoms with Gasteiger partial charge in [0.1, 0.15) is 17.1 Å². The van der Waals surface area contributed by atoms with Crippen molar-refractivity contribution >= 4 is 11.4 Å². The molecule has 1 aromatic rings. The standard InChI is InChI=1S/C24H34O3/c1-7-8-9-10-14(2)16(4)17-12-18(25)22-20(13-17)27-24(5,6)23-19(26)11-15(3)21(22)23/h12-16,25H,7-11H2,1-6H3. The zero-order valence-electron chi connectivity index (χ0n) is 17.7. The lowest BCUT2D eigenvalue weighted by atomic mass is 9.81. The molecule has 0 amide bonds. The van der Waals surface area contributed by atoms with Gasteiger partial charge in [-0.3, -0.25) is 4.79 Å². The second-order valence-corrected chi connectivity index (χ2v) is 9.10. The molecule has 0 spiro atoms. The van der Waals surface area contributed by atoms with Gasteiger partial charge in [-0.1, -0.05) is 53.4 Å². The van der Waals surface area contributed by atoms with Crippen LogP contribution in [0.25, 0.3) is 5.57 Å². The van der Waals surface area contributed by atoms with Crippen molar-refractivity contribution < 1.29 is 14.6 Å². The number of phenols is 1. The Balaban J connectivity index is 1.98. The first-order valence-electron chi connectivity index (χ1n) is 10.5. The van der Waals surface area contributed by atoms with Crippen LogP contribution in [0.1, 0.15) is 90.7 Å². The highest BCUT2D eigenvalue weighted by Gasteiger charge is 2.45. The van der Waals surface area contributed by atoms with Crippen LogP contribution in [0, 0.1) is 11.8 Å². The minimum absolute atomic E-state index is 0.122. The van der Waals surface area contributed by atoms with Crippen LogP contribution < -0.4 is 4.74 Å². The highest BCUT2D eigenvalue weighted by Crippen LogP contribution is 2.53. The van der Waals surface area contributed by atoms with Crippen molar-refractivity contribution in [1.29, 1.82) is 0 Å². The van der Waals surface area contributed by atoms with E-state index in [1.807, 2.05) is 19.9 Å². The largest absolute Gasteiger partial charge is 0.507 e. The molecule has 1 N–H and O–H groups in total. The molecule has 0 saturated carbocycles. The van der Waals surface area contributed by atoms with E-state index >= 15 is 0 Å². The van der Waals surface area contributed by atoms with Gasteiger partial charge in [0.25, 0.3) is 0 Å². The summed E-state index contributed by atoms with van der Waals surface area (Å²) in [6, 6.07) is 3.98. The summed E-state index contributed by atoms with van der Waals surface area (Å²) in [7, 11) is 0. The second-order valence-electron chi connectivity index (χ2n) is 9.10. The van der Waals surface area contributed by atoms with Gasteiger partial charge >= 0.3 is 0 Å². The Morgan fingerprint density at radius 3 is 2.63 bits per heavy atom. The molecule has 1 heterocycles. The first-order valence-corrected chi connectivity index (χ1v) is 10.5. The van der Waals surface area contributed by atoms with E-state index in [1.54, 1.807) is 0 Å². The molecule has 2 aliphatic rings. The molecule has 0 saturated heterocycles. The van der Waals surface area contributed by atoms with Gasteiger partial charge in [-0.2, -0.15) is 0 Å². The van der Waals surface area contributed by atoms with Crippen molar-refractivity contribution in [1.82, 2.24) is 0 Å². The molecule has 1 aliphatic heterocycles. The third kappa shape index (κ3) is 3.53. The number of hydrogen-bond donors (Lipinski definition) is 1. The van der Waals surface area contributed by atoms with E-state index in [1.165, 1.54) is 25.7 Å². The van der Waals surface area contributed by atoms with Gasteiger partial charge in [-0.25, -0.2) is 0 Å². The number of rotatable bonds is 6. The Bertz CT molecular complexity index is 772. The molecule has 1 aromatic carbocycles. The molecule has 3 heteroatoms. The minimum atomic E-state index is -0.648. The number of hydrogen-bond acceptors (Lipinski definition) is 3. The number of unbranched alkanes of at least 4 members (excludes halogenated alkanes) is 2. The molecule has 3 rings (SSSR count). The van der Waals surface area contributed by atoms with E-state index in [-0.39, 0.29) is 17.5 Å². The molecule has 148 valence electrons. The summed E-state index contributed by atoms with van der Waals surface area (Å²) >= 11 is 0. The summed E-state index contributed by atoms with van der Waals surface area (Å²) in [6.07, 6.45) is 5.45. The first kappa shape index (κ1) is 20.0. The summed E-state index contributed by atoms with van der Waals surface area (Å²) in [4.78, 5) is 12.5. The molecular weight excluding hydrogens is 336 g/mol. The predicted octanol–water partition coefficient (Wildman–Crippen LogP) is 6.25. The Morgan fingerprint density at radius 1 is 1.26 bits per heavy atom. The van der Waals surface area contributed by atoms with Crippen LogP contribution in [0.3, 0.4) is 0 Å². The number of ketones is 1. The lowest BCUT2D eigenvalue weighted by Crippen LogP contribution is -2.36. The van der Waals surface area contributed by atoms with Crippen LogP contribution in [0.5, 0.6) is 11.5 Å². The topological polar surface area (TPSA) is 46.5 Å². The Hall–Kier alpha value is -1.77. The van der Waals surface area contributed by atoms with Crippen molar-refractivity contribution in [3.05, 3.63) is 28.8 Å². The second kappa shape index (κ2) is 7.33. The maximum Gasteiger partial charge on any atom is 0.163 e. The monoisotopic (exact) mass is 370 g/mol. The predicted molar refractivity (Wildman–Crippen MR) is 110 cm³/mol. The fourth-order valence-corrected chi connectivity index (χ4v) is 4.77. The van der Waals surface area contributed by atoms with E-state index in [0.717, 1.165) is 28.0 Å². The molecule has 3 unspecified atom stereocenters. The van der Waals surface area contributed by atoms with Gasteiger partial charge < -0.3 is 9.84 Å². The lowest BCUT2D eigenvalue weighted by Gasteiger charge is -2.35. The van der Waals surface area contributed by atoms with Crippen molar-refractivity contribution in [2.24, 2.45) is 11.8 Å². The Morgan fingerprint density at radius 2 is 1.96 bits per heavy atom. The zero-order chi connectivity index (χ0) is 19.9. The number of Topliss-reactive ketones (excluding diaryl/α,β-unsaturated/α-hetero) is 1. The molecule has 3 atom stereocenters. The van der Waals surface area contributed by atoms with Gasteiger partial charge in [0.2, 0.25) is 0 Å².